The van der Waals surface area contributed by atoms with Gasteiger partial charge in [-0.2, -0.15) is 0 Å². The zero-order valence-electron chi connectivity index (χ0n) is 13.9. The molecule has 1 aromatic rings. The van der Waals surface area contributed by atoms with E-state index in [1.165, 1.54) is 31.2 Å². The quantitative estimate of drug-likeness (QED) is 0.784. The molecule has 0 radical (unpaired) electrons. The van der Waals surface area contributed by atoms with E-state index in [9.17, 15) is 0 Å². The Morgan fingerprint density at radius 2 is 1.80 bits per heavy atom. The van der Waals surface area contributed by atoms with Gasteiger partial charge in [0.15, 0.2) is 0 Å². The van der Waals surface area contributed by atoms with Crippen LogP contribution in [0.5, 0.6) is 0 Å². The average molecular weight is 273 g/mol. The summed E-state index contributed by atoms with van der Waals surface area (Å²) in [6.45, 7) is 11.8. The van der Waals surface area contributed by atoms with Crippen molar-refractivity contribution in [3.05, 3.63) is 35.9 Å². The van der Waals surface area contributed by atoms with Gasteiger partial charge in [-0.05, 0) is 35.7 Å². The lowest BCUT2D eigenvalue weighted by molar-refractivity contribution is 0.160. The SMILES string of the molecule is CC1(C)CCCC(NC(c2ccccc2)C(C)(C)C)C1. The largest absolute Gasteiger partial charge is 0.307 e. The first-order valence-electron chi connectivity index (χ1n) is 8.09. The lowest BCUT2D eigenvalue weighted by Gasteiger charge is -2.41. The molecule has 0 aliphatic heterocycles. The summed E-state index contributed by atoms with van der Waals surface area (Å²) in [5, 5.41) is 3.97. The molecule has 1 fully saturated rings. The van der Waals surface area contributed by atoms with Gasteiger partial charge in [0.1, 0.15) is 0 Å². The van der Waals surface area contributed by atoms with E-state index in [1.54, 1.807) is 0 Å². The van der Waals surface area contributed by atoms with E-state index in [-0.39, 0.29) is 5.41 Å². The maximum atomic E-state index is 3.97. The minimum atomic E-state index is 0.239. The molecule has 1 aliphatic carbocycles. The first-order valence-corrected chi connectivity index (χ1v) is 8.09. The molecule has 0 amide bonds. The van der Waals surface area contributed by atoms with Crippen molar-refractivity contribution in [1.29, 1.82) is 0 Å². The Kier molecular flexibility index (Phi) is 4.59. The van der Waals surface area contributed by atoms with Crippen LogP contribution in [0.3, 0.4) is 0 Å². The van der Waals surface area contributed by atoms with Gasteiger partial charge in [-0.1, -0.05) is 71.4 Å². The van der Waals surface area contributed by atoms with Crippen LogP contribution >= 0.6 is 0 Å². The van der Waals surface area contributed by atoms with Gasteiger partial charge in [0.2, 0.25) is 0 Å². The molecule has 20 heavy (non-hydrogen) atoms. The maximum absolute atomic E-state index is 3.97. The Labute approximate surface area is 125 Å². The lowest BCUT2D eigenvalue weighted by Crippen LogP contribution is -2.43. The van der Waals surface area contributed by atoms with E-state index >= 15 is 0 Å². The minimum absolute atomic E-state index is 0.239. The summed E-state index contributed by atoms with van der Waals surface area (Å²) in [6.07, 6.45) is 5.35. The van der Waals surface area contributed by atoms with Crippen LogP contribution in [0.15, 0.2) is 30.3 Å². The number of rotatable bonds is 3. The van der Waals surface area contributed by atoms with Gasteiger partial charge in [0, 0.05) is 12.1 Å². The van der Waals surface area contributed by atoms with Crippen molar-refractivity contribution in [3.8, 4) is 0 Å². The van der Waals surface area contributed by atoms with Crippen molar-refractivity contribution in [2.75, 3.05) is 0 Å². The van der Waals surface area contributed by atoms with Crippen molar-refractivity contribution < 1.29 is 0 Å². The Balaban J connectivity index is 2.13. The van der Waals surface area contributed by atoms with E-state index in [2.05, 4.69) is 70.3 Å². The van der Waals surface area contributed by atoms with Crippen molar-refractivity contribution in [2.24, 2.45) is 10.8 Å². The molecule has 0 spiro atoms. The van der Waals surface area contributed by atoms with Crippen LogP contribution in [0.4, 0.5) is 0 Å². The van der Waals surface area contributed by atoms with Crippen LogP contribution in [-0.2, 0) is 0 Å². The van der Waals surface area contributed by atoms with Gasteiger partial charge in [0.05, 0.1) is 0 Å². The number of hydrogen-bond donors (Lipinski definition) is 1. The molecule has 1 nitrogen and oxygen atoms in total. The van der Waals surface area contributed by atoms with Crippen LogP contribution in [0.2, 0.25) is 0 Å². The van der Waals surface area contributed by atoms with Crippen molar-refractivity contribution in [3.63, 3.8) is 0 Å². The smallest absolute Gasteiger partial charge is 0.0371 e. The van der Waals surface area contributed by atoms with Gasteiger partial charge in [-0.3, -0.25) is 0 Å². The lowest BCUT2D eigenvalue weighted by atomic mass is 9.74. The highest BCUT2D eigenvalue weighted by Crippen LogP contribution is 2.39. The predicted molar refractivity (Wildman–Crippen MR) is 87.8 cm³/mol. The highest BCUT2D eigenvalue weighted by Gasteiger charge is 2.33. The monoisotopic (exact) mass is 273 g/mol. The van der Waals surface area contributed by atoms with Crippen LogP contribution < -0.4 is 5.32 Å². The molecule has 1 aromatic carbocycles. The Morgan fingerprint density at radius 3 is 2.35 bits per heavy atom. The van der Waals surface area contributed by atoms with Gasteiger partial charge in [0.25, 0.3) is 0 Å². The summed E-state index contributed by atoms with van der Waals surface area (Å²) >= 11 is 0. The molecule has 0 bridgehead atoms. The summed E-state index contributed by atoms with van der Waals surface area (Å²) in [4.78, 5) is 0. The molecule has 1 N–H and O–H groups in total. The molecule has 0 aromatic heterocycles. The zero-order valence-corrected chi connectivity index (χ0v) is 13.9. The zero-order chi connectivity index (χ0) is 14.8. The second kappa shape index (κ2) is 5.89. The summed E-state index contributed by atoms with van der Waals surface area (Å²) in [7, 11) is 0. The minimum Gasteiger partial charge on any atom is -0.307 e. The summed E-state index contributed by atoms with van der Waals surface area (Å²) in [5.41, 5.74) is 2.15. The first kappa shape index (κ1) is 15.6. The summed E-state index contributed by atoms with van der Waals surface area (Å²) < 4.78 is 0. The molecular weight excluding hydrogens is 242 g/mol. The standard InChI is InChI=1S/C19H31N/c1-18(2,3)17(15-10-7-6-8-11-15)20-16-12-9-13-19(4,5)14-16/h6-8,10-11,16-17,20H,9,12-14H2,1-5H3. The molecule has 112 valence electrons. The fourth-order valence-electron chi connectivity index (χ4n) is 3.57. The molecule has 2 rings (SSSR count). The molecule has 2 atom stereocenters. The third-order valence-electron chi connectivity index (χ3n) is 4.61. The molecule has 0 heterocycles. The van der Waals surface area contributed by atoms with Crippen LogP contribution in [0.25, 0.3) is 0 Å². The van der Waals surface area contributed by atoms with Crippen LogP contribution in [0, 0.1) is 10.8 Å². The van der Waals surface area contributed by atoms with E-state index in [1.807, 2.05) is 0 Å². The number of hydrogen-bond acceptors (Lipinski definition) is 1. The molecule has 1 aliphatic rings. The van der Waals surface area contributed by atoms with E-state index < -0.39 is 0 Å². The van der Waals surface area contributed by atoms with Crippen molar-refractivity contribution >= 4 is 0 Å². The second-order valence-corrected chi connectivity index (χ2v) is 8.33. The van der Waals surface area contributed by atoms with Crippen molar-refractivity contribution in [1.82, 2.24) is 5.32 Å². The Hall–Kier alpha value is -0.820. The topological polar surface area (TPSA) is 12.0 Å². The van der Waals surface area contributed by atoms with Gasteiger partial charge >= 0.3 is 0 Å². The van der Waals surface area contributed by atoms with Crippen molar-refractivity contribution in [2.45, 2.75) is 72.4 Å². The highest BCUT2D eigenvalue weighted by atomic mass is 15.0. The third kappa shape index (κ3) is 4.09. The molecule has 0 saturated heterocycles. The molecule has 1 saturated carbocycles. The number of nitrogens with one attached hydrogen (secondary N) is 1. The van der Waals surface area contributed by atoms with E-state index in [0.29, 0.717) is 17.5 Å². The molecular formula is C19H31N. The Bertz CT molecular complexity index is 413. The normalized spacial score (nSPS) is 24.4. The highest BCUT2D eigenvalue weighted by molar-refractivity contribution is 5.21. The number of benzene rings is 1. The maximum Gasteiger partial charge on any atom is 0.0371 e. The summed E-state index contributed by atoms with van der Waals surface area (Å²) in [6, 6.07) is 12.0. The van der Waals surface area contributed by atoms with Crippen LogP contribution in [0.1, 0.15) is 71.9 Å². The molecule has 2 unspecified atom stereocenters. The van der Waals surface area contributed by atoms with E-state index in [0.717, 1.165) is 0 Å². The second-order valence-electron chi connectivity index (χ2n) is 8.33. The fourth-order valence-corrected chi connectivity index (χ4v) is 3.57. The van der Waals surface area contributed by atoms with E-state index in [4.69, 9.17) is 0 Å². The van der Waals surface area contributed by atoms with Gasteiger partial charge in [-0.15, -0.1) is 0 Å². The molecule has 1 heteroatoms. The summed E-state index contributed by atoms with van der Waals surface area (Å²) in [5.74, 6) is 0. The predicted octanol–water partition coefficient (Wildman–Crippen LogP) is 5.33. The van der Waals surface area contributed by atoms with Gasteiger partial charge in [-0.25, -0.2) is 0 Å². The van der Waals surface area contributed by atoms with Crippen LogP contribution in [-0.4, -0.2) is 6.04 Å². The Morgan fingerprint density at radius 1 is 1.15 bits per heavy atom. The third-order valence-corrected chi connectivity index (χ3v) is 4.61. The average Bonchev–Trinajstić information content (AvgIpc) is 2.34. The first-order chi connectivity index (χ1) is 9.28. The fraction of sp³-hybridized carbons (Fsp3) is 0.684. The van der Waals surface area contributed by atoms with Gasteiger partial charge < -0.3 is 5.32 Å².